The van der Waals surface area contributed by atoms with Gasteiger partial charge in [-0.15, -0.1) is 0 Å². The first-order valence-electron chi connectivity index (χ1n) is 10.1. The Morgan fingerprint density at radius 3 is 2.68 bits per heavy atom. The number of fused-ring (bicyclic) bond motifs is 4. The average molecular weight is 439 g/mol. The number of pyridine rings is 1. The number of anilines is 2. The SMILES string of the molecule is CN1N=Cc2cc3cnc(Nc4ccc(S(N)=O)nc4)nc3n2C2(CCCCC2)C1=O. The number of nitrogens with one attached hydrogen (secondary N) is 1. The van der Waals surface area contributed by atoms with Crippen LogP contribution < -0.4 is 10.5 Å². The summed E-state index contributed by atoms with van der Waals surface area (Å²) in [5, 5.41) is 15.4. The molecule has 1 aliphatic carbocycles. The van der Waals surface area contributed by atoms with E-state index in [2.05, 4.69) is 20.4 Å². The van der Waals surface area contributed by atoms with Gasteiger partial charge in [0.1, 0.15) is 27.2 Å². The summed E-state index contributed by atoms with van der Waals surface area (Å²) in [5.74, 6) is 0.368. The van der Waals surface area contributed by atoms with Gasteiger partial charge >= 0.3 is 0 Å². The molecule has 4 heterocycles. The monoisotopic (exact) mass is 438 g/mol. The fourth-order valence-electron chi connectivity index (χ4n) is 4.49. The van der Waals surface area contributed by atoms with E-state index in [1.807, 2.05) is 10.6 Å². The van der Waals surface area contributed by atoms with Crippen LogP contribution in [0.15, 0.2) is 40.7 Å². The van der Waals surface area contributed by atoms with E-state index in [-0.39, 0.29) is 5.91 Å². The van der Waals surface area contributed by atoms with Crippen LogP contribution in [0.5, 0.6) is 0 Å². The van der Waals surface area contributed by atoms with Crippen LogP contribution in [-0.4, -0.2) is 47.9 Å². The third-order valence-corrected chi connectivity index (χ3v) is 6.59. The third kappa shape index (κ3) is 3.29. The molecule has 3 aromatic heterocycles. The number of rotatable bonds is 3. The van der Waals surface area contributed by atoms with E-state index in [4.69, 9.17) is 10.1 Å². The van der Waals surface area contributed by atoms with Crippen LogP contribution in [0.1, 0.15) is 37.8 Å². The Morgan fingerprint density at radius 2 is 1.97 bits per heavy atom. The van der Waals surface area contributed by atoms with E-state index in [9.17, 15) is 9.00 Å². The van der Waals surface area contributed by atoms with Crippen molar-refractivity contribution in [1.29, 1.82) is 0 Å². The molecule has 3 N–H and O–H groups in total. The Hall–Kier alpha value is -3.18. The van der Waals surface area contributed by atoms with Crippen molar-refractivity contribution in [2.45, 2.75) is 42.7 Å². The van der Waals surface area contributed by atoms with Gasteiger partial charge in [-0.2, -0.15) is 10.1 Å². The molecule has 5 rings (SSSR count). The van der Waals surface area contributed by atoms with Crippen molar-refractivity contribution >= 4 is 45.8 Å². The van der Waals surface area contributed by atoms with Gasteiger partial charge in [-0.05, 0) is 31.0 Å². The molecule has 0 aromatic carbocycles. The maximum Gasteiger partial charge on any atom is 0.268 e. The van der Waals surface area contributed by atoms with E-state index >= 15 is 0 Å². The lowest BCUT2D eigenvalue weighted by molar-refractivity contribution is -0.141. The summed E-state index contributed by atoms with van der Waals surface area (Å²) in [5.41, 5.74) is 1.48. The lowest BCUT2D eigenvalue weighted by Gasteiger charge is -2.38. The number of hydrogen-bond acceptors (Lipinski definition) is 7. The zero-order chi connectivity index (χ0) is 21.6. The lowest BCUT2D eigenvalue weighted by Crippen LogP contribution is -2.48. The quantitative estimate of drug-likeness (QED) is 0.643. The topological polar surface area (TPSA) is 131 Å². The Morgan fingerprint density at radius 1 is 1.16 bits per heavy atom. The molecule has 1 atom stereocenters. The van der Waals surface area contributed by atoms with E-state index in [0.717, 1.165) is 43.2 Å². The molecule has 1 saturated carbocycles. The van der Waals surface area contributed by atoms with E-state index in [1.54, 1.807) is 31.6 Å². The number of amides is 1. The van der Waals surface area contributed by atoms with Gasteiger partial charge in [-0.3, -0.25) is 4.79 Å². The van der Waals surface area contributed by atoms with Crippen molar-refractivity contribution < 1.29 is 9.00 Å². The van der Waals surface area contributed by atoms with Gasteiger partial charge < -0.3 is 9.88 Å². The summed E-state index contributed by atoms with van der Waals surface area (Å²) in [4.78, 5) is 26.6. The molecule has 11 heteroatoms. The van der Waals surface area contributed by atoms with Gasteiger partial charge in [0, 0.05) is 18.6 Å². The van der Waals surface area contributed by atoms with Crippen LogP contribution in [0.4, 0.5) is 11.6 Å². The normalized spacial score (nSPS) is 18.8. The first-order chi connectivity index (χ1) is 15.0. The molecule has 0 saturated heterocycles. The third-order valence-electron chi connectivity index (χ3n) is 5.93. The van der Waals surface area contributed by atoms with Gasteiger partial charge in [0.15, 0.2) is 0 Å². The molecule has 0 bridgehead atoms. The van der Waals surface area contributed by atoms with Gasteiger partial charge in [-0.1, -0.05) is 19.3 Å². The van der Waals surface area contributed by atoms with Crippen molar-refractivity contribution in [1.82, 2.24) is 24.5 Å². The molecule has 160 valence electrons. The zero-order valence-electron chi connectivity index (χ0n) is 17.0. The molecule has 0 radical (unpaired) electrons. The van der Waals surface area contributed by atoms with Crippen LogP contribution in [-0.2, 0) is 21.3 Å². The summed E-state index contributed by atoms with van der Waals surface area (Å²) >= 11 is 0. The van der Waals surface area contributed by atoms with Crippen LogP contribution in [0, 0.1) is 0 Å². The Kier molecular flexibility index (Phi) is 4.78. The highest BCUT2D eigenvalue weighted by Gasteiger charge is 2.46. The first kappa shape index (κ1) is 19.8. The second-order valence-electron chi connectivity index (χ2n) is 7.85. The van der Waals surface area contributed by atoms with Crippen molar-refractivity contribution in [2.24, 2.45) is 10.2 Å². The fourth-order valence-corrected chi connectivity index (χ4v) is 4.84. The van der Waals surface area contributed by atoms with E-state index in [0.29, 0.717) is 22.3 Å². The summed E-state index contributed by atoms with van der Waals surface area (Å²) in [6, 6.07) is 5.27. The minimum atomic E-state index is -1.63. The number of hydrazone groups is 1. The largest absolute Gasteiger partial charge is 0.323 e. The number of nitrogens with two attached hydrogens (primary N) is 1. The highest BCUT2D eigenvalue weighted by molar-refractivity contribution is 7.82. The second kappa shape index (κ2) is 7.50. The molecular weight excluding hydrogens is 416 g/mol. The van der Waals surface area contributed by atoms with Crippen molar-refractivity contribution in [3.05, 3.63) is 36.3 Å². The lowest BCUT2D eigenvalue weighted by atomic mass is 9.80. The maximum atomic E-state index is 13.4. The minimum absolute atomic E-state index is 0.0117. The van der Waals surface area contributed by atoms with E-state index < -0.39 is 16.5 Å². The second-order valence-corrected chi connectivity index (χ2v) is 8.86. The number of nitrogens with zero attached hydrogens (tertiary/aromatic N) is 6. The molecular formula is C20H22N8O2S. The molecule has 2 aliphatic rings. The van der Waals surface area contributed by atoms with Gasteiger partial charge in [0.2, 0.25) is 5.95 Å². The standard InChI is InChI=1S/C20H22N8O2S/c1-27-18(29)20(7-3-2-4-8-20)28-15(12-24-27)9-13-10-23-19(26-17(13)28)25-14-5-6-16(22-11-14)31(21)30/h5-6,9-12H,2-4,7-8,21H2,1H3,(H,23,25,26). The smallest absolute Gasteiger partial charge is 0.268 e. The average Bonchev–Trinajstić information content (AvgIpc) is 3.12. The van der Waals surface area contributed by atoms with Gasteiger partial charge in [0.25, 0.3) is 5.91 Å². The Bertz CT molecular complexity index is 1210. The van der Waals surface area contributed by atoms with Crippen molar-refractivity contribution in [3.63, 3.8) is 0 Å². The number of hydrogen-bond donors (Lipinski definition) is 2. The van der Waals surface area contributed by atoms with Crippen LogP contribution >= 0.6 is 0 Å². The Balaban J connectivity index is 1.59. The summed E-state index contributed by atoms with van der Waals surface area (Å²) in [7, 11) is 0.0704. The fraction of sp³-hybridized carbons (Fsp3) is 0.350. The van der Waals surface area contributed by atoms with Crippen LogP contribution in [0.2, 0.25) is 0 Å². The van der Waals surface area contributed by atoms with E-state index in [1.165, 1.54) is 11.2 Å². The molecule has 1 spiro atoms. The first-order valence-corrected chi connectivity index (χ1v) is 11.3. The predicted octanol–water partition coefficient (Wildman–Crippen LogP) is 2.02. The molecule has 1 unspecified atom stereocenters. The highest BCUT2D eigenvalue weighted by Crippen LogP contribution is 2.41. The molecule has 3 aromatic rings. The van der Waals surface area contributed by atoms with Crippen LogP contribution in [0.25, 0.3) is 11.0 Å². The maximum absolute atomic E-state index is 13.4. The summed E-state index contributed by atoms with van der Waals surface area (Å²) in [6.45, 7) is 0. The van der Waals surface area contributed by atoms with Crippen molar-refractivity contribution in [3.8, 4) is 0 Å². The highest BCUT2D eigenvalue weighted by atomic mass is 32.2. The zero-order valence-corrected chi connectivity index (χ0v) is 17.8. The molecule has 10 nitrogen and oxygen atoms in total. The minimum Gasteiger partial charge on any atom is -0.323 e. The number of likely N-dealkylation sites (N-methyl/N-ethyl adjacent to an activating group) is 1. The van der Waals surface area contributed by atoms with Crippen molar-refractivity contribution in [2.75, 3.05) is 12.4 Å². The molecule has 1 amide bonds. The summed E-state index contributed by atoms with van der Waals surface area (Å²) < 4.78 is 13.4. The molecule has 31 heavy (non-hydrogen) atoms. The molecule has 1 aliphatic heterocycles. The predicted molar refractivity (Wildman–Crippen MR) is 117 cm³/mol. The van der Waals surface area contributed by atoms with Crippen LogP contribution in [0.3, 0.4) is 0 Å². The van der Waals surface area contributed by atoms with Gasteiger partial charge in [0.05, 0.1) is 23.8 Å². The number of aromatic nitrogens is 4. The summed E-state index contributed by atoms with van der Waals surface area (Å²) in [6.07, 6.45) is 9.57. The number of carbonyl (C=O) groups is 1. The Labute approximate surface area is 181 Å². The molecule has 1 fully saturated rings. The van der Waals surface area contributed by atoms with Gasteiger partial charge in [-0.25, -0.2) is 24.3 Å². The number of carbonyl (C=O) groups excluding carboxylic acids is 1.